The Labute approximate surface area is 263 Å². The van der Waals surface area contributed by atoms with Gasteiger partial charge in [-0.2, -0.15) is 0 Å². The van der Waals surface area contributed by atoms with Crippen LogP contribution in [0.5, 0.6) is 0 Å². The van der Waals surface area contributed by atoms with Gasteiger partial charge in [0.2, 0.25) is 11.8 Å². The van der Waals surface area contributed by atoms with Gasteiger partial charge in [-0.3, -0.25) is 13.9 Å². The molecule has 0 saturated carbocycles. The highest BCUT2D eigenvalue weighted by Gasteiger charge is 2.34. The van der Waals surface area contributed by atoms with Crippen LogP contribution in [0, 0.1) is 0 Å². The molecule has 0 aliphatic carbocycles. The van der Waals surface area contributed by atoms with Gasteiger partial charge in [0, 0.05) is 29.1 Å². The molecule has 7 nitrogen and oxygen atoms in total. The number of anilines is 1. The van der Waals surface area contributed by atoms with Crippen molar-refractivity contribution in [1.82, 2.24) is 10.2 Å². The molecule has 1 atom stereocenters. The number of benzene rings is 4. The zero-order valence-corrected chi connectivity index (χ0v) is 26.2. The molecule has 0 unspecified atom stereocenters. The Balaban J connectivity index is 1.80. The fourth-order valence-corrected chi connectivity index (χ4v) is 6.34. The van der Waals surface area contributed by atoms with E-state index in [0.717, 1.165) is 15.4 Å². The normalized spacial score (nSPS) is 12.0. The molecule has 0 spiro atoms. The smallest absolute Gasteiger partial charge is 0.264 e. The summed E-state index contributed by atoms with van der Waals surface area (Å²) in [7, 11) is -4.19. The molecule has 4 aromatic carbocycles. The summed E-state index contributed by atoms with van der Waals surface area (Å²) in [6.45, 7) is 3.17. The molecule has 4 rings (SSSR count). The first-order chi connectivity index (χ1) is 20.5. The monoisotopic (exact) mass is 637 g/mol. The van der Waals surface area contributed by atoms with E-state index in [1.807, 2.05) is 44.2 Å². The Morgan fingerprint density at radius 2 is 1.40 bits per heavy atom. The predicted octanol–water partition coefficient (Wildman–Crippen LogP) is 6.35. The molecule has 224 valence electrons. The summed E-state index contributed by atoms with van der Waals surface area (Å²) in [6.07, 6.45) is 0.224. The predicted molar refractivity (Wildman–Crippen MR) is 172 cm³/mol. The molecule has 0 radical (unpaired) electrons. The lowest BCUT2D eigenvalue weighted by molar-refractivity contribution is -0.140. The number of nitrogens with zero attached hydrogens (tertiary/aromatic N) is 2. The van der Waals surface area contributed by atoms with Crippen molar-refractivity contribution in [3.05, 3.63) is 130 Å². The van der Waals surface area contributed by atoms with Gasteiger partial charge >= 0.3 is 0 Å². The lowest BCUT2D eigenvalue weighted by atomic mass is 10.0. The number of amides is 2. The van der Waals surface area contributed by atoms with Crippen molar-refractivity contribution in [3.8, 4) is 0 Å². The molecular weight excluding hydrogens is 605 g/mol. The Bertz CT molecular complexity index is 1630. The van der Waals surface area contributed by atoms with Gasteiger partial charge in [0.05, 0.1) is 10.6 Å². The lowest BCUT2D eigenvalue weighted by Gasteiger charge is -2.34. The maximum Gasteiger partial charge on any atom is 0.264 e. The highest BCUT2D eigenvalue weighted by atomic mass is 35.5. The van der Waals surface area contributed by atoms with E-state index in [-0.39, 0.29) is 35.5 Å². The summed E-state index contributed by atoms with van der Waals surface area (Å²) in [4.78, 5) is 29.5. The molecule has 0 saturated heterocycles. The Hall–Kier alpha value is -3.85. The largest absolute Gasteiger partial charge is 0.352 e. The second-order valence-corrected chi connectivity index (χ2v) is 13.1. The van der Waals surface area contributed by atoms with E-state index >= 15 is 0 Å². The van der Waals surface area contributed by atoms with Gasteiger partial charge in [-0.05, 0) is 67.4 Å². The second kappa shape index (κ2) is 14.6. The van der Waals surface area contributed by atoms with Crippen molar-refractivity contribution in [1.29, 1.82) is 0 Å². The maximum absolute atomic E-state index is 14.4. The van der Waals surface area contributed by atoms with Crippen molar-refractivity contribution in [2.24, 2.45) is 0 Å². The molecule has 43 heavy (non-hydrogen) atoms. The SMILES string of the molecule is CC(C)NC(=O)[C@@H](Cc1ccccc1)N(Cc1ccc(Cl)cc1)C(=O)CN(c1cccc(Cl)c1)S(=O)(=O)c1ccccc1. The van der Waals surface area contributed by atoms with Gasteiger partial charge in [-0.15, -0.1) is 0 Å². The molecule has 0 aliphatic rings. The first-order valence-electron chi connectivity index (χ1n) is 13.8. The molecular formula is C33H33Cl2N3O4S. The van der Waals surface area contributed by atoms with Crippen LogP contribution in [0.25, 0.3) is 0 Å². The van der Waals surface area contributed by atoms with Crippen LogP contribution >= 0.6 is 23.2 Å². The third-order valence-corrected chi connectivity index (χ3v) is 8.95. The summed E-state index contributed by atoms with van der Waals surface area (Å²) in [6, 6.07) is 29.4. The minimum absolute atomic E-state index is 0.0189. The van der Waals surface area contributed by atoms with E-state index in [9.17, 15) is 18.0 Å². The number of carbonyl (C=O) groups excluding carboxylic acids is 2. The topological polar surface area (TPSA) is 86.8 Å². The highest BCUT2D eigenvalue weighted by molar-refractivity contribution is 7.92. The number of halogens is 2. The number of hydrogen-bond donors (Lipinski definition) is 1. The van der Waals surface area contributed by atoms with Crippen molar-refractivity contribution < 1.29 is 18.0 Å². The number of nitrogens with one attached hydrogen (secondary N) is 1. The fourth-order valence-electron chi connectivity index (χ4n) is 4.60. The zero-order chi connectivity index (χ0) is 31.0. The first-order valence-corrected chi connectivity index (χ1v) is 16.0. The minimum atomic E-state index is -4.19. The molecule has 0 aromatic heterocycles. The van der Waals surface area contributed by atoms with Crippen LogP contribution in [0.2, 0.25) is 10.0 Å². The highest BCUT2D eigenvalue weighted by Crippen LogP contribution is 2.27. The molecule has 0 aliphatic heterocycles. The van der Waals surface area contributed by atoms with Crippen molar-refractivity contribution >= 4 is 50.7 Å². The minimum Gasteiger partial charge on any atom is -0.352 e. The van der Waals surface area contributed by atoms with Gasteiger partial charge in [0.1, 0.15) is 12.6 Å². The number of carbonyl (C=O) groups is 2. The second-order valence-electron chi connectivity index (χ2n) is 10.3. The number of rotatable bonds is 12. The lowest BCUT2D eigenvalue weighted by Crippen LogP contribution is -2.54. The van der Waals surface area contributed by atoms with Crippen LogP contribution in [0.3, 0.4) is 0 Å². The standard InChI is InChI=1S/C33H33Cl2N3O4S/c1-24(2)36-33(40)31(20-25-10-5-3-6-11-25)37(22-26-16-18-27(34)19-17-26)32(39)23-38(29-13-9-12-28(35)21-29)43(41,42)30-14-7-4-8-15-30/h3-19,21,24,31H,20,22-23H2,1-2H3,(H,36,40)/t31-/m1/s1. The summed E-state index contributed by atoms with van der Waals surface area (Å²) in [5, 5.41) is 3.78. The summed E-state index contributed by atoms with van der Waals surface area (Å²) in [5.41, 5.74) is 1.81. The molecule has 0 fully saturated rings. The third kappa shape index (κ3) is 8.60. The van der Waals surface area contributed by atoms with E-state index in [2.05, 4.69) is 5.32 Å². The van der Waals surface area contributed by atoms with Gasteiger partial charge < -0.3 is 10.2 Å². The molecule has 10 heteroatoms. The summed E-state index contributed by atoms with van der Waals surface area (Å²) < 4.78 is 28.9. The van der Waals surface area contributed by atoms with Crippen molar-refractivity contribution in [2.75, 3.05) is 10.8 Å². The fraction of sp³-hybridized carbons (Fsp3) is 0.212. The maximum atomic E-state index is 14.4. The van der Waals surface area contributed by atoms with Crippen molar-refractivity contribution in [3.63, 3.8) is 0 Å². The van der Waals surface area contributed by atoms with Crippen LogP contribution in [-0.2, 0) is 32.6 Å². The zero-order valence-electron chi connectivity index (χ0n) is 23.9. The van der Waals surface area contributed by atoms with Crippen LogP contribution < -0.4 is 9.62 Å². The summed E-state index contributed by atoms with van der Waals surface area (Å²) >= 11 is 12.4. The van der Waals surface area contributed by atoms with E-state index in [1.165, 1.54) is 23.1 Å². The van der Waals surface area contributed by atoms with Crippen LogP contribution in [0.4, 0.5) is 5.69 Å². The van der Waals surface area contributed by atoms with Crippen molar-refractivity contribution in [2.45, 2.75) is 43.8 Å². The third-order valence-electron chi connectivity index (χ3n) is 6.67. The molecule has 0 bridgehead atoms. The van der Waals surface area contributed by atoms with E-state index in [4.69, 9.17) is 23.2 Å². The molecule has 2 amide bonds. The number of hydrogen-bond acceptors (Lipinski definition) is 4. The molecule has 0 heterocycles. The molecule has 4 aromatic rings. The van der Waals surface area contributed by atoms with Crippen LogP contribution in [-0.4, -0.2) is 43.8 Å². The average molecular weight is 639 g/mol. The van der Waals surface area contributed by atoms with Gasteiger partial charge in [-0.25, -0.2) is 8.42 Å². The number of sulfonamides is 1. The van der Waals surface area contributed by atoms with Crippen LogP contribution in [0.15, 0.2) is 114 Å². The van der Waals surface area contributed by atoms with Gasteiger partial charge in [0.15, 0.2) is 0 Å². The van der Waals surface area contributed by atoms with E-state index in [1.54, 1.807) is 60.7 Å². The Kier molecular flexibility index (Phi) is 10.9. The average Bonchev–Trinajstić information content (AvgIpc) is 2.99. The van der Waals surface area contributed by atoms with E-state index < -0.39 is 28.5 Å². The summed E-state index contributed by atoms with van der Waals surface area (Å²) in [5.74, 6) is -0.907. The quantitative estimate of drug-likeness (QED) is 0.196. The Morgan fingerprint density at radius 1 is 0.767 bits per heavy atom. The van der Waals surface area contributed by atoms with Gasteiger partial charge in [-0.1, -0.05) is 89.9 Å². The van der Waals surface area contributed by atoms with E-state index in [0.29, 0.717) is 10.0 Å². The molecule has 1 N–H and O–H groups in total. The van der Waals surface area contributed by atoms with Gasteiger partial charge in [0.25, 0.3) is 10.0 Å². The first kappa shape index (κ1) is 32.1. The van der Waals surface area contributed by atoms with Crippen LogP contribution in [0.1, 0.15) is 25.0 Å². The Morgan fingerprint density at radius 3 is 2.00 bits per heavy atom.